The maximum absolute atomic E-state index is 11.3. The van der Waals surface area contributed by atoms with Crippen molar-refractivity contribution in [3.63, 3.8) is 0 Å². The topological polar surface area (TPSA) is 39.2 Å². The van der Waals surface area contributed by atoms with Crippen LogP contribution in [0.25, 0.3) is 0 Å². The Morgan fingerprint density at radius 1 is 1.20 bits per heavy atom. The average molecular weight is 287 g/mol. The molecule has 0 atom stereocenters. The number of benzene rings is 1. The summed E-state index contributed by atoms with van der Waals surface area (Å²) in [6.45, 7) is 2.12. The lowest BCUT2D eigenvalue weighted by molar-refractivity contribution is 0.0600. The number of hydrogen-bond donors (Lipinski definition) is 0. The van der Waals surface area contributed by atoms with E-state index in [1.807, 2.05) is 17.8 Å². The van der Waals surface area contributed by atoms with Crippen LogP contribution < -0.4 is 0 Å². The van der Waals surface area contributed by atoms with Crippen LogP contribution in [0, 0.1) is 6.92 Å². The van der Waals surface area contributed by atoms with Crippen LogP contribution >= 0.6 is 11.8 Å². The Hall–Kier alpha value is -1.81. The number of aryl methyl sites for hydroxylation is 1. The molecule has 1 aromatic heterocycles. The number of nitrogens with zero attached hydrogens (tertiary/aromatic N) is 1. The Bertz CT molecular complexity index is 581. The highest BCUT2D eigenvalue weighted by atomic mass is 32.2. The van der Waals surface area contributed by atoms with Crippen molar-refractivity contribution >= 4 is 17.7 Å². The van der Waals surface area contributed by atoms with Gasteiger partial charge in [-0.3, -0.25) is 4.98 Å². The predicted molar refractivity (Wildman–Crippen MR) is 81.8 cm³/mol. The van der Waals surface area contributed by atoms with Gasteiger partial charge < -0.3 is 4.74 Å². The fourth-order valence-corrected chi connectivity index (χ4v) is 2.81. The highest BCUT2D eigenvalue weighted by Gasteiger charge is 2.05. The molecule has 0 spiro atoms. The van der Waals surface area contributed by atoms with E-state index in [1.165, 1.54) is 18.2 Å². The van der Waals surface area contributed by atoms with Gasteiger partial charge in [-0.15, -0.1) is 0 Å². The first-order chi connectivity index (χ1) is 9.70. The van der Waals surface area contributed by atoms with Gasteiger partial charge in [0.05, 0.1) is 18.4 Å². The van der Waals surface area contributed by atoms with Crippen molar-refractivity contribution in [2.24, 2.45) is 0 Å². The van der Waals surface area contributed by atoms with Gasteiger partial charge in [-0.1, -0.05) is 24.3 Å². The quantitative estimate of drug-likeness (QED) is 0.788. The summed E-state index contributed by atoms with van der Waals surface area (Å²) in [7, 11) is 1.37. The standard InChI is InChI=1S/C16H17NO2S/c1-12-5-3-4-6-14(12)10-20-11-15-8-7-13(9-17-15)16(18)19-2/h3-9H,10-11H2,1-2H3. The van der Waals surface area contributed by atoms with Gasteiger partial charge in [0.1, 0.15) is 0 Å². The predicted octanol–water partition coefficient (Wildman–Crippen LogP) is 3.61. The molecule has 3 nitrogen and oxygen atoms in total. The van der Waals surface area contributed by atoms with Gasteiger partial charge in [0, 0.05) is 17.7 Å². The number of carbonyl (C=O) groups is 1. The first-order valence-corrected chi connectivity index (χ1v) is 7.51. The van der Waals surface area contributed by atoms with Gasteiger partial charge in [-0.2, -0.15) is 11.8 Å². The van der Waals surface area contributed by atoms with Gasteiger partial charge in [-0.05, 0) is 30.2 Å². The van der Waals surface area contributed by atoms with Gasteiger partial charge in [-0.25, -0.2) is 4.79 Å². The lowest BCUT2D eigenvalue weighted by Crippen LogP contribution is -2.02. The molecule has 0 saturated carbocycles. The molecular formula is C16H17NO2S. The molecule has 0 saturated heterocycles. The number of esters is 1. The first-order valence-electron chi connectivity index (χ1n) is 6.36. The van der Waals surface area contributed by atoms with E-state index in [0.717, 1.165) is 17.2 Å². The molecule has 0 aliphatic heterocycles. The highest BCUT2D eigenvalue weighted by molar-refractivity contribution is 7.97. The van der Waals surface area contributed by atoms with E-state index in [0.29, 0.717) is 5.56 Å². The third kappa shape index (κ3) is 3.84. The summed E-state index contributed by atoms with van der Waals surface area (Å²) < 4.78 is 4.64. The van der Waals surface area contributed by atoms with Crippen LogP contribution in [-0.4, -0.2) is 18.1 Å². The minimum atomic E-state index is -0.350. The van der Waals surface area contributed by atoms with Crippen molar-refractivity contribution in [3.05, 3.63) is 65.0 Å². The fourth-order valence-electron chi connectivity index (χ4n) is 1.79. The molecule has 0 fully saturated rings. The number of rotatable bonds is 5. The summed E-state index contributed by atoms with van der Waals surface area (Å²) in [4.78, 5) is 15.6. The number of ether oxygens (including phenoxy) is 1. The Balaban J connectivity index is 1.88. The van der Waals surface area contributed by atoms with E-state index in [-0.39, 0.29) is 5.97 Å². The van der Waals surface area contributed by atoms with Crippen molar-refractivity contribution in [1.82, 2.24) is 4.98 Å². The fraction of sp³-hybridized carbons (Fsp3) is 0.250. The summed E-state index contributed by atoms with van der Waals surface area (Å²) in [6, 6.07) is 12.0. The Kier molecular flexibility index (Phi) is 5.18. The third-order valence-corrected chi connectivity index (χ3v) is 4.03. The van der Waals surface area contributed by atoms with E-state index >= 15 is 0 Å². The van der Waals surface area contributed by atoms with Crippen LogP contribution in [0.15, 0.2) is 42.6 Å². The summed E-state index contributed by atoms with van der Waals surface area (Å²) in [5, 5.41) is 0. The summed E-state index contributed by atoms with van der Waals surface area (Å²) in [5.41, 5.74) is 4.12. The monoisotopic (exact) mass is 287 g/mol. The molecule has 0 radical (unpaired) electrons. The highest BCUT2D eigenvalue weighted by Crippen LogP contribution is 2.19. The minimum Gasteiger partial charge on any atom is -0.465 e. The number of methoxy groups -OCH3 is 1. The second-order valence-corrected chi connectivity index (χ2v) is 5.43. The van der Waals surface area contributed by atoms with Crippen LogP contribution in [0.3, 0.4) is 0 Å². The lowest BCUT2D eigenvalue weighted by Gasteiger charge is -2.05. The van der Waals surface area contributed by atoms with E-state index in [9.17, 15) is 4.79 Å². The van der Waals surface area contributed by atoms with Crippen LogP contribution in [0.4, 0.5) is 0 Å². The molecule has 4 heteroatoms. The van der Waals surface area contributed by atoms with Crippen molar-refractivity contribution in [2.75, 3.05) is 7.11 Å². The molecule has 2 aromatic rings. The number of pyridine rings is 1. The van der Waals surface area contributed by atoms with Gasteiger partial charge in [0.15, 0.2) is 0 Å². The molecule has 0 unspecified atom stereocenters. The van der Waals surface area contributed by atoms with Gasteiger partial charge in [0.25, 0.3) is 0 Å². The van der Waals surface area contributed by atoms with E-state index in [4.69, 9.17) is 0 Å². The second kappa shape index (κ2) is 7.10. The van der Waals surface area contributed by atoms with Crippen LogP contribution in [0.1, 0.15) is 27.2 Å². The average Bonchev–Trinajstić information content (AvgIpc) is 2.49. The van der Waals surface area contributed by atoms with Crippen molar-refractivity contribution in [3.8, 4) is 0 Å². The van der Waals surface area contributed by atoms with Crippen LogP contribution in [-0.2, 0) is 16.2 Å². The number of carbonyl (C=O) groups excluding carboxylic acids is 1. The summed E-state index contributed by atoms with van der Waals surface area (Å²) in [6.07, 6.45) is 1.56. The maximum atomic E-state index is 11.3. The third-order valence-electron chi connectivity index (χ3n) is 3.01. The Morgan fingerprint density at radius 2 is 2.00 bits per heavy atom. The van der Waals surface area contributed by atoms with E-state index in [2.05, 4.69) is 40.9 Å². The number of hydrogen-bond acceptors (Lipinski definition) is 4. The van der Waals surface area contributed by atoms with Gasteiger partial charge in [0.2, 0.25) is 0 Å². The zero-order valence-electron chi connectivity index (χ0n) is 11.6. The number of thioether (sulfide) groups is 1. The number of aromatic nitrogens is 1. The molecule has 1 aromatic carbocycles. The molecule has 1 heterocycles. The molecule has 0 bridgehead atoms. The second-order valence-electron chi connectivity index (χ2n) is 4.45. The molecule has 104 valence electrons. The SMILES string of the molecule is COC(=O)c1ccc(CSCc2ccccc2C)nc1. The van der Waals surface area contributed by atoms with Crippen molar-refractivity contribution in [1.29, 1.82) is 0 Å². The zero-order valence-corrected chi connectivity index (χ0v) is 12.4. The normalized spacial score (nSPS) is 10.3. The van der Waals surface area contributed by atoms with E-state index < -0.39 is 0 Å². The molecular weight excluding hydrogens is 270 g/mol. The molecule has 0 aliphatic carbocycles. The molecule has 0 N–H and O–H groups in total. The summed E-state index contributed by atoms with van der Waals surface area (Å²) in [5.74, 6) is 1.44. The van der Waals surface area contributed by atoms with Crippen molar-refractivity contribution < 1.29 is 9.53 Å². The van der Waals surface area contributed by atoms with Crippen LogP contribution in [0.2, 0.25) is 0 Å². The van der Waals surface area contributed by atoms with Crippen molar-refractivity contribution in [2.45, 2.75) is 18.4 Å². The largest absolute Gasteiger partial charge is 0.465 e. The smallest absolute Gasteiger partial charge is 0.339 e. The molecule has 0 amide bonds. The molecule has 20 heavy (non-hydrogen) atoms. The Labute approximate surface area is 123 Å². The minimum absolute atomic E-state index is 0.350. The zero-order chi connectivity index (χ0) is 14.4. The lowest BCUT2D eigenvalue weighted by atomic mass is 10.1. The van der Waals surface area contributed by atoms with E-state index in [1.54, 1.807) is 12.3 Å². The molecule has 0 aliphatic rings. The molecule has 2 rings (SSSR count). The first kappa shape index (κ1) is 14.6. The summed E-state index contributed by atoms with van der Waals surface area (Å²) >= 11 is 1.81. The van der Waals surface area contributed by atoms with Crippen LogP contribution in [0.5, 0.6) is 0 Å². The Morgan fingerprint density at radius 3 is 2.65 bits per heavy atom. The maximum Gasteiger partial charge on any atom is 0.339 e. The van der Waals surface area contributed by atoms with Gasteiger partial charge >= 0.3 is 5.97 Å².